The fourth-order valence-electron chi connectivity index (χ4n) is 5.28. The second-order valence-electron chi connectivity index (χ2n) is 10.1. The van der Waals surface area contributed by atoms with Crippen LogP contribution in [0.3, 0.4) is 0 Å². The van der Waals surface area contributed by atoms with Crippen LogP contribution in [0.25, 0.3) is 0 Å². The Labute approximate surface area is 180 Å². The Bertz CT molecular complexity index is 558. The zero-order chi connectivity index (χ0) is 21.2. The van der Waals surface area contributed by atoms with E-state index in [-0.39, 0.29) is 29.3 Å². The summed E-state index contributed by atoms with van der Waals surface area (Å²) in [6.07, 6.45) is 6.59. The van der Waals surface area contributed by atoms with Gasteiger partial charge in [-0.3, -0.25) is 9.69 Å². The Hall–Kier alpha value is -0.440. The van der Waals surface area contributed by atoms with Crippen molar-refractivity contribution in [1.82, 2.24) is 26.4 Å². The lowest BCUT2D eigenvalue weighted by molar-refractivity contribution is -0.126. The van der Waals surface area contributed by atoms with Gasteiger partial charge in [-0.2, -0.15) is 0 Å². The minimum atomic E-state index is -0.880. The maximum Gasteiger partial charge on any atom is 0.237 e. The quantitative estimate of drug-likeness (QED) is 0.410. The highest BCUT2D eigenvalue weighted by atomic mass is 35.5. The summed E-state index contributed by atoms with van der Waals surface area (Å²) in [5.74, 6) is 1.21. The molecule has 0 bridgehead atoms. The van der Waals surface area contributed by atoms with Crippen molar-refractivity contribution in [2.24, 2.45) is 17.8 Å². The molecule has 3 rings (SSSR count). The maximum absolute atomic E-state index is 12.9. The molecule has 0 aromatic rings. The molecule has 3 fully saturated rings. The molecule has 0 spiro atoms. The molecule has 29 heavy (non-hydrogen) atoms. The Morgan fingerprint density at radius 1 is 1.34 bits per heavy atom. The first-order valence-corrected chi connectivity index (χ1v) is 11.7. The van der Waals surface area contributed by atoms with Gasteiger partial charge in [0.25, 0.3) is 0 Å². The summed E-state index contributed by atoms with van der Waals surface area (Å²) < 4.78 is 0. The number of aliphatic hydroxyl groups is 1. The molecule has 0 aromatic carbocycles. The van der Waals surface area contributed by atoms with Crippen LogP contribution >= 0.6 is 11.6 Å². The van der Waals surface area contributed by atoms with E-state index in [1.807, 2.05) is 0 Å². The van der Waals surface area contributed by atoms with Crippen molar-refractivity contribution >= 4 is 17.5 Å². The molecular weight excluding hydrogens is 390 g/mol. The monoisotopic (exact) mass is 429 g/mol. The summed E-state index contributed by atoms with van der Waals surface area (Å²) in [6.45, 7) is 7.34. The van der Waals surface area contributed by atoms with Crippen LogP contribution in [-0.4, -0.2) is 65.4 Å². The van der Waals surface area contributed by atoms with Gasteiger partial charge < -0.3 is 15.7 Å². The van der Waals surface area contributed by atoms with Gasteiger partial charge in [-0.1, -0.05) is 19.8 Å². The highest BCUT2D eigenvalue weighted by molar-refractivity contribution is 6.21. The molecule has 1 saturated carbocycles. The van der Waals surface area contributed by atoms with E-state index in [0.717, 1.165) is 25.9 Å². The van der Waals surface area contributed by atoms with E-state index in [9.17, 15) is 9.90 Å². The molecule has 6 unspecified atom stereocenters. The summed E-state index contributed by atoms with van der Waals surface area (Å²) >= 11 is 6.40. The number of halogens is 1. The summed E-state index contributed by atoms with van der Waals surface area (Å²) in [4.78, 5) is 15.2. The number of rotatable bonds is 6. The molecule has 3 aliphatic rings. The lowest BCUT2D eigenvalue weighted by Gasteiger charge is -2.40. The minimum Gasteiger partial charge on any atom is -0.390 e. The fourth-order valence-corrected chi connectivity index (χ4v) is 5.78. The average molecular weight is 430 g/mol. The highest BCUT2D eigenvalue weighted by Crippen LogP contribution is 2.34. The first-order chi connectivity index (χ1) is 13.6. The predicted molar refractivity (Wildman–Crippen MR) is 116 cm³/mol. The molecule has 7 atom stereocenters. The first-order valence-electron chi connectivity index (χ1n) is 11.2. The second kappa shape index (κ2) is 9.79. The van der Waals surface area contributed by atoms with Crippen molar-refractivity contribution < 1.29 is 9.90 Å². The molecule has 1 amide bonds. The van der Waals surface area contributed by atoms with Crippen LogP contribution in [0.4, 0.5) is 0 Å². The van der Waals surface area contributed by atoms with Crippen LogP contribution in [0.5, 0.6) is 0 Å². The van der Waals surface area contributed by atoms with Gasteiger partial charge in [0.05, 0.1) is 29.9 Å². The lowest BCUT2D eigenvalue weighted by atomic mass is 9.76. The number of nitrogens with one attached hydrogen (secondary N) is 4. The molecule has 5 N–H and O–H groups in total. The number of hydrogen-bond donors (Lipinski definition) is 5. The number of hydrogen-bond acceptors (Lipinski definition) is 6. The van der Waals surface area contributed by atoms with E-state index in [1.54, 1.807) is 13.8 Å². The number of hydrazine groups is 1. The largest absolute Gasteiger partial charge is 0.390 e. The molecule has 0 aromatic heterocycles. The summed E-state index contributed by atoms with van der Waals surface area (Å²) in [5, 5.41) is 16.8. The van der Waals surface area contributed by atoms with E-state index in [0.29, 0.717) is 31.0 Å². The van der Waals surface area contributed by atoms with Gasteiger partial charge in [-0.05, 0) is 58.4 Å². The second-order valence-corrected chi connectivity index (χ2v) is 10.6. The van der Waals surface area contributed by atoms with Gasteiger partial charge in [0, 0.05) is 18.5 Å². The van der Waals surface area contributed by atoms with Crippen LogP contribution in [0.2, 0.25) is 0 Å². The SMILES string of the molecule is C[C@H](CC1NNCN1C)C1CCCC(NC(=O)C2CC(C(C)(C)O)C(Cl)CN2)C1. The van der Waals surface area contributed by atoms with Crippen molar-refractivity contribution in [2.75, 3.05) is 20.3 Å². The van der Waals surface area contributed by atoms with Gasteiger partial charge >= 0.3 is 0 Å². The molecule has 7 nitrogen and oxygen atoms in total. The van der Waals surface area contributed by atoms with Gasteiger partial charge in [-0.15, -0.1) is 11.6 Å². The number of alkyl halides is 1. The predicted octanol–water partition coefficient (Wildman–Crippen LogP) is 1.37. The summed E-state index contributed by atoms with van der Waals surface area (Å²) in [5.41, 5.74) is 5.67. The Morgan fingerprint density at radius 2 is 2.10 bits per heavy atom. The Kier molecular flexibility index (Phi) is 7.84. The number of carbonyl (C=O) groups is 1. The number of nitrogens with zero attached hydrogens (tertiary/aromatic N) is 1. The van der Waals surface area contributed by atoms with E-state index < -0.39 is 5.60 Å². The molecule has 1 aliphatic carbocycles. The summed E-state index contributed by atoms with van der Waals surface area (Å²) in [6, 6.07) is -0.0335. The van der Waals surface area contributed by atoms with Gasteiger partial charge in [0.1, 0.15) is 0 Å². The first kappa shape index (κ1) is 23.2. The molecular formula is C21H40ClN5O2. The van der Waals surface area contributed by atoms with E-state index in [1.165, 1.54) is 12.8 Å². The Morgan fingerprint density at radius 3 is 2.76 bits per heavy atom. The zero-order valence-electron chi connectivity index (χ0n) is 18.4. The third kappa shape index (κ3) is 6.05. The van der Waals surface area contributed by atoms with Crippen molar-refractivity contribution in [3.05, 3.63) is 0 Å². The van der Waals surface area contributed by atoms with Crippen molar-refractivity contribution in [3.63, 3.8) is 0 Å². The van der Waals surface area contributed by atoms with Crippen molar-refractivity contribution in [3.8, 4) is 0 Å². The zero-order valence-corrected chi connectivity index (χ0v) is 19.1. The topological polar surface area (TPSA) is 88.7 Å². The lowest BCUT2D eigenvalue weighted by Crippen LogP contribution is -2.57. The van der Waals surface area contributed by atoms with E-state index >= 15 is 0 Å². The number of carbonyl (C=O) groups excluding carboxylic acids is 1. The highest BCUT2D eigenvalue weighted by Gasteiger charge is 2.41. The fraction of sp³-hybridized carbons (Fsp3) is 0.952. The molecule has 168 valence electrons. The summed E-state index contributed by atoms with van der Waals surface area (Å²) in [7, 11) is 2.14. The standard InChI is InChI=1S/C21H40ClN5O2/c1-13(8-19-26-24-12-27(19)4)14-6-5-7-15(9-14)25-20(28)18-10-16(21(2,3)29)17(22)11-23-18/h13-19,23-24,26,29H,5-12H2,1-4H3,(H,25,28)/t13-,14?,15?,16?,17?,18?,19?/m1/s1. The average Bonchev–Trinajstić information content (AvgIpc) is 3.06. The number of piperidine rings is 1. The van der Waals surface area contributed by atoms with E-state index in [2.05, 4.69) is 40.4 Å². The Balaban J connectivity index is 1.50. The smallest absolute Gasteiger partial charge is 0.237 e. The molecule has 0 radical (unpaired) electrons. The number of amides is 1. The van der Waals surface area contributed by atoms with Crippen LogP contribution in [0.15, 0.2) is 0 Å². The molecule has 2 aliphatic heterocycles. The van der Waals surface area contributed by atoms with Gasteiger partial charge in [0.2, 0.25) is 5.91 Å². The van der Waals surface area contributed by atoms with Gasteiger partial charge in [0.15, 0.2) is 0 Å². The van der Waals surface area contributed by atoms with Crippen molar-refractivity contribution in [2.45, 2.75) is 88.5 Å². The molecule has 2 saturated heterocycles. The van der Waals surface area contributed by atoms with Crippen LogP contribution in [-0.2, 0) is 4.79 Å². The third-order valence-electron chi connectivity index (χ3n) is 7.30. The van der Waals surface area contributed by atoms with Crippen molar-refractivity contribution in [1.29, 1.82) is 0 Å². The van der Waals surface area contributed by atoms with Crippen LogP contribution < -0.4 is 21.5 Å². The van der Waals surface area contributed by atoms with Crippen LogP contribution in [0, 0.1) is 17.8 Å². The van der Waals surface area contributed by atoms with E-state index in [4.69, 9.17) is 11.6 Å². The third-order valence-corrected chi connectivity index (χ3v) is 7.76. The minimum absolute atomic E-state index is 0.0579. The molecule has 2 heterocycles. The normalized spacial score (nSPS) is 38.0. The maximum atomic E-state index is 12.9. The van der Waals surface area contributed by atoms with Crippen LogP contribution in [0.1, 0.15) is 59.3 Å². The van der Waals surface area contributed by atoms with Gasteiger partial charge in [-0.25, -0.2) is 10.9 Å². The molecule has 8 heteroatoms.